The Morgan fingerprint density at radius 3 is 2.07 bits per heavy atom. The van der Waals surface area contributed by atoms with Crippen LogP contribution in [-0.2, 0) is 9.53 Å². The van der Waals surface area contributed by atoms with Crippen LogP contribution in [0.5, 0.6) is 0 Å². The highest BCUT2D eigenvalue weighted by Crippen LogP contribution is 2.21. The Balaban J connectivity index is -0.000000720. The van der Waals surface area contributed by atoms with Crippen molar-refractivity contribution in [1.29, 1.82) is 0 Å². The summed E-state index contributed by atoms with van der Waals surface area (Å²) in [5.41, 5.74) is -0.313. The first-order valence-electron chi connectivity index (χ1n) is 5.21. The van der Waals surface area contributed by atoms with E-state index in [2.05, 4.69) is 6.92 Å². The number of rotatable bonds is 6. The molecule has 0 aromatic carbocycles. The molecule has 0 rings (SSSR count). The van der Waals surface area contributed by atoms with Crippen molar-refractivity contribution in [1.82, 2.24) is 0 Å². The molecule has 0 fully saturated rings. The lowest BCUT2D eigenvalue weighted by atomic mass is 9.91. The van der Waals surface area contributed by atoms with Crippen molar-refractivity contribution >= 4 is 5.97 Å². The van der Waals surface area contributed by atoms with Gasteiger partial charge in [0.2, 0.25) is 0 Å². The molecule has 0 heterocycles. The normalized spacial score (nSPS) is 9.87. The van der Waals surface area contributed by atoms with E-state index in [0.717, 1.165) is 25.7 Å². The topological polar surface area (TPSA) is 26.3 Å². The molecule has 94 valence electrons. The Bertz CT molecular complexity index is 151. The van der Waals surface area contributed by atoms with Crippen LogP contribution in [-0.4, -0.2) is 12.6 Å². The van der Waals surface area contributed by atoms with Gasteiger partial charge in [-0.1, -0.05) is 41.5 Å². The predicted octanol–water partition coefficient (Wildman–Crippen LogP) is 4.43. The largest absolute Gasteiger partial charge is 0.465 e. The number of unbranched alkanes of at least 4 members (excludes halogenated alkanes) is 2. The summed E-state index contributed by atoms with van der Waals surface area (Å²) in [5.74, 6) is -0.0638. The van der Waals surface area contributed by atoms with E-state index in [4.69, 9.17) is 4.74 Å². The van der Waals surface area contributed by atoms with Gasteiger partial charge < -0.3 is 4.74 Å². The van der Waals surface area contributed by atoms with Crippen LogP contribution < -0.4 is 0 Å². The van der Waals surface area contributed by atoms with Crippen LogP contribution in [0, 0.1) is 5.41 Å². The van der Waals surface area contributed by atoms with Gasteiger partial charge in [0.05, 0.1) is 12.0 Å². The van der Waals surface area contributed by atoms with E-state index in [-0.39, 0.29) is 26.2 Å². The molecule has 0 aliphatic carbocycles. The minimum atomic E-state index is -0.313. The van der Waals surface area contributed by atoms with E-state index in [0.29, 0.717) is 6.61 Å². The fraction of sp³-hybridized carbons (Fsp3) is 0.923. The molecule has 2 nitrogen and oxygen atoms in total. The van der Waals surface area contributed by atoms with Gasteiger partial charge in [-0.3, -0.25) is 4.79 Å². The first-order chi connectivity index (χ1) is 6.04. The molecule has 0 radical (unpaired) electrons. The van der Waals surface area contributed by atoms with Crippen molar-refractivity contribution in [2.75, 3.05) is 6.61 Å². The first-order valence-corrected chi connectivity index (χ1v) is 5.21. The number of carbonyl (C=O) groups excluding carboxylic acids is 1. The van der Waals surface area contributed by atoms with Gasteiger partial charge in [0, 0.05) is 0 Å². The average molecular weight is 218 g/mol. The van der Waals surface area contributed by atoms with Crippen LogP contribution in [0.4, 0.5) is 0 Å². The molecule has 0 unspecified atom stereocenters. The van der Waals surface area contributed by atoms with Crippen molar-refractivity contribution in [2.45, 2.75) is 68.2 Å². The number of hydrogen-bond donors (Lipinski definition) is 0. The van der Waals surface area contributed by atoms with Crippen LogP contribution >= 0.6 is 0 Å². The molecule has 0 atom stereocenters. The third-order valence-electron chi connectivity index (χ3n) is 2.42. The second-order valence-electron chi connectivity index (χ2n) is 4.08. The molecule has 0 bridgehead atoms. The lowest BCUT2D eigenvalue weighted by molar-refractivity contribution is -0.154. The zero-order valence-electron chi connectivity index (χ0n) is 9.35. The van der Waals surface area contributed by atoms with Gasteiger partial charge in [-0.05, 0) is 26.7 Å². The molecule has 0 N–H and O–H groups in total. The highest BCUT2D eigenvalue weighted by atomic mass is 16.5. The molecule has 2 heteroatoms. The van der Waals surface area contributed by atoms with Crippen LogP contribution in [0.1, 0.15) is 68.2 Å². The Kier molecular flexibility index (Phi) is 13.3. The highest BCUT2D eigenvalue weighted by Gasteiger charge is 2.26. The molecule has 0 saturated carbocycles. The summed E-state index contributed by atoms with van der Waals surface area (Å²) in [5, 5.41) is 0. The third-order valence-corrected chi connectivity index (χ3v) is 2.42. The number of ether oxygens (including phenoxy) is 1. The minimum absolute atomic E-state index is 0. The van der Waals surface area contributed by atoms with Crippen LogP contribution in [0.2, 0.25) is 0 Å². The van der Waals surface area contributed by atoms with E-state index >= 15 is 0 Å². The maximum atomic E-state index is 11.4. The van der Waals surface area contributed by atoms with Crippen molar-refractivity contribution in [2.24, 2.45) is 5.41 Å². The van der Waals surface area contributed by atoms with Gasteiger partial charge in [0.15, 0.2) is 0 Å². The van der Waals surface area contributed by atoms with Gasteiger partial charge in [-0.25, -0.2) is 0 Å². The van der Waals surface area contributed by atoms with Crippen molar-refractivity contribution in [3.63, 3.8) is 0 Å². The van der Waals surface area contributed by atoms with Crippen molar-refractivity contribution in [3.05, 3.63) is 0 Å². The summed E-state index contributed by atoms with van der Waals surface area (Å²) in [6, 6.07) is 0. The Hall–Kier alpha value is -0.530. The fourth-order valence-electron chi connectivity index (χ4n) is 0.857. The van der Waals surface area contributed by atoms with Crippen LogP contribution in [0.25, 0.3) is 0 Å². The molecular weight excluding hydrogens is 188 g/mol. The smallest absolute Gasteiger partial charge is 0.311 e. The number of carbonyl (C=O) groups is 1. The van der Waals surface area contributed by atoms with Crippen molar-refractivity contribution in [3.8, 4) is 0 Å². The lowest BCUT2D eigenvalue weighted by Crippen LogP contribution is -2.26. The minimum Gasteiger partial charge on any atom is -0.465 e. The number of esters is 1. The van der Waals surface area contributed by atoms with Crippen LogP contribution in [0.15, 0.2) is 0 Å². The summed E-state index contributed by atoms with van der Waals surface area (Å²) in [7, 11) is 0. The maximum Gasteiger partial charge on any atom is 0.311 e. The van der Waals surface area contributed by atoms with Crippen LogP contribution in [0.3, 0.4) is 0 Å². The van der Waals surface area contributed by atoms with E-state index < -0.39 is 0 Å². The molecule has 15 heavy (non-hydrogen) atoms. The van der Waals surface area contributed by atoms with E-state index in [9.17, 15) is 4.79 Å². The number of hydrogen-bond acceptors (Lipinski definition) is 2. The third kappa shape index (κ3) is 8.46. The SMILES string of the molecule is C.C.CCCCCOC(=O)C(C)(C)CC. The maximum absolute atomic E-state index is 11.4. The molecular formula is C13H30O2. The molecule has 0 aromatic heterocycles. The first kappa shape index (κ1) is 20.0. The van der Waals surface area contributed by atoms with Gasteiger partial charge in [0.1, 0.15) is 0 Å². The summed E-state index contributed by atoms with van der Waals surface area (Å²) in [4.78, 5) is 11.4. The molecule has 0 amide bonds. The van der Waals surface area contributed by atoms with E-state index in [1.807, 2.05) is 20.8 Å². The predicted molar refractivity (Wildman–Crippen MR) is 68.0 cm³/mol. The van der Waals surface area contributed by atoms with Gasteiger partial charge in [0.25, 0.3) is 0 Å². The zero-order chi connectivity index (χ0) is 10.3. The second-order valence-corrected chi connectivity index (χ2v) is 4.08. The average Bonchev–Trinajstić information content (AvgIpc) is 2.12. The molecule has 0 saturated heterocycles. The lowest BCUT2D eigenvalue weighted by Gasteiger charge is -2.20. The molecule has 0 spiro atoms. The van der Waals surface area contributed by atoms with E-state index in [1.54, 1.807) is 0 Å². The molecule has 0 aliphatic rings. The summed E-state index contributed by atoms with van der Waals surface area (Å²) < 4.78 is 5.16. The standard InChI is InChI=1S/C11H22O2.2CH4/c1-5-7-8-9-13-10(12)11(3,4)6-2;;/h5-9H2,1-4H3;2*1H4. The second kappa shape index (κ2) is 10.0. The zero-order valence-corrected chi connectivity index (χ0v) is 9.35. The Morgan fingerprint density at radius 1 is 1.13 bits per heavy atom. The Morgan fingerprint density at radius 2 is 1.67 bits per heavy atom. The fourth-order valence-corrected chi connectivity index (χ4v) is 0.857. The monoisotopic (exact) mass is 218 g/mol. The van der Waals surface area contributed by atoms with E-state index in [1.165, 1.54) is 0 Å². The van der Waals surface area contributed by atoms with Gasteiger partial charge in [-0.15, -0.1) is 0 Å². The molecule has 0 aromatic rings. The quantitative estimate of drug-likeness (QED) is 0.487. The van der Waals surface area contributed by atoms with Gasteiger partial charge in [-0.2, -0.15) is 0 Å². The summed E-state index contributed by atoms with van der Waals surface area (Å²) in [6.07, 6.45) is 4.12. The van der Waals surface area contributed by atoms with Gasteiger partial charge >= 0.3 is 5.97 Å². The summed E-state index contributed by atoms with van der Waals surface area (Å²) >= 11 is 0. The van der Waals surface area contributed by atoms with Crippen molar-refractivity contribution < 1.29 is 9.53 Å². The highest BCUT2D eigenvalue weighted by molar-refractivity contribution is 5.75. The molecule has 0 aliphatic heterocycles. The summed E-state index contributed by atoms with van der Waals surface area (Å²) in [6.45, 7) is 8.57. The Labute approximate surface area is 96.4 Å².